The number of hydrogen-bond acceptors (Lipinski definition) is 2. The number of rotatable bonds is 1. The van der Waals surface area contributed by atoms with E-state index in [0.717, 1.165) is 6.54 Å². The Morgan fingerprint density at radius 2 is 1.78 bits per heavy atom. The van der Waals surface area contributed by atoms with Crippen molar-refractivity contribution in [3.8, 4) is 0 Å². The van der Waals surface area contributed by atoms with Crippen molar-refractivity contribution in [2.24, 2.45) is 0 Å². The van der Waals surface area contributed by atoms with Gasteiger partial charge in [-0.1, -0.05) is 18.2 Å². The summed E-state index contributed by atoms with van der Waals surface area (Å²) in [6.45, 7) is 3.53. The summed E-state index contributed by atoms with van der Waals surface area (Å²) < 4.78 is 0. The molecule has 0 N–H and O–H groups in total. The van der Waals surface area contributed by atoms with Gasteiger partial charge < -0.3 is 4.90 Å². The molecule has 1 saturated heterocycles. The lowest BCUT2D eigenvalue weighted by molar-refractivity contribution is 0.115. The van der Waals surface area contributed by atoms with Crippen molar-refractivity contribution >= 4 is 0 Å². The van der Waals surface area contributed by atoms with E-state index < -0.39 is 0 Å². The van der Waals surface area contributed by atoms with Gasteiger partial charge in [-0.05, 0) is 56.5 Å². The predicted octanol–water partition coefficient (Wildman–Crippen LogP) is 2.48. The van der Waals surface area contributed by atoms with Crippen molar-refractivity contribution in [2.75, 3.05) is 33.7 Å². The van der Waals surface area contributed by atoms with Crippen molar-refractivity contribution in [3.63, 3.8) is 0 Å². The summed E-state index contributed by atoms with van der Waals surface area (Å²) in [5.74, 6) is 0. The molecule has 0 aromatic heterocycles. The Hall–Kier alpha value is -0.860. The maximum atomic E-state index is 2.50. The second-order valence-electron chi connectivity index (χ2n) is 5.99. The van der Waals surface area contributed by atoms with Crippen LogP contribution in [0.5, 0.6) is 0 Å². The van der Waals surface area contributed by atoms with Gasteiger partial charge in [-0.2, -0.15) is 0 Å². The van der Waals surface area contributed by atoms with Gasteiger partial charge in [0.25, 0.3) is 0 Å². The third-order valence-corrected chi connectivity index (χ3v) is 4.61. The van der Waals surface area contributed by atoms with Gasteiger partial charge in [0.15, 0.2) is 0 Å². The van der Waals surface area contributed by atoms with E-state index in [4.69, 9.17) is 0 Å². The molecule has 0 radical (unpaired) electrons. The van der Waals surface area contributed by atoms with E-state index in [0.29, 0.717) is 6.04 Å². The Kier molecular flexibility index (Phi) is 3.40. The molecule has 1 unspecified atom stereocenters. The van der Waals surface area contributed by atoms with E-state index >= 15 is 0 Å². The molecule has 2 aliphatic rings. The molecular formula is C16H24N2. The first-order valence-corrected chi connectivity index (χ1v) is 7.24. The monoisotopic (exact) mass is 244 g/mol. The molecule has 0 spiro atoms. The Labute approximate surface area is 111 Å². The van der Waals surface area contributed by atoms with E-state index in [1.165, 1.54) is 44.3 Å². The second kappa shape index (κ2) is 5.02. The van der Waals surface area contributed by atoms with Crippen molar-refractivity contribution in [2.45, 2.75) is 31.7 Å². The van der Waals surface area contributed by atoms with Crippen LogP contribution in [0, 0.1) is 0 Å². The van der Waals surface area contributed by atoms with Gasteiger partial charge in [0, 0.05) is 25.7 Å². The standard InChI is InChI=1S/C16H24N2/c1-17-9-10-18(2)16(12-17)15-8-7-13-5-3-4-6-14(13)11-15/h7-8,11,16H,3-6,9-10,12H2,1-2H3. The van der Waals surface area contributed by atoms with Crippen molar-refractivity contribution < 1.29 is 0 Å². The highest BCUT2D eigenvalue weighted by molar-refractivity contribution is 5.35. The SMILES string of the molecule is CN1CCN(C)C(c2ccc3c(c2)CCCC3)C1. The zero-order valence-electron chi connectivity index (χ0n) is 11.7. The number of nitrogens with zero attached hydrogens (tertiary/aromatic N) is 2. The van der Waals surface area contributed by atoms with Crippen LogP contribution in [0.15, 0.2) is 18.2 Å². The number of aryl methyl sites for hydroxylation is 2. The van der Waals surface area contributed by atoms with Crippen LogP contribution < -0.4 is 0 Å². The molecule has 2 heteroatoms. The average molecular weight is 244 g/mol. The first kappa shape index (κ1) is 12.2. The molecule has 1 fully saturated rings. The fourth-order valence-corrected chi connectivity index (χ4v) is 3.33. The fraction of sp³-hybridized carbons (Fsp3) is 0.625. The van der Waals surface area contributed by atoms with E-state index in [9.17, 15) is 0 Å². The number of likely N-dealkylation sites (N-methyl/N-ethyl adjacent to an activating group) is 2. The van der Waals surface area contributed by atoms with Crippen molar-refractivity contribution in [3.05, 3.63) is 34.9 Å². The van der Waals surface area contributed by atoms with E-state index in [1.807, 2.05) is 0 Å². The Morgan fingerprint density at radius 1 is 1.00 bits per heavy atom. The minimum Gasteiger partial charge on any atom is -0.303 e. The van der Waals surface area contributed by atoms with E-state index in [-0.39, 0.29) is 0 Å². The van der Waals surface area contributed by atoms with Crippen LogP contribution in [0.3, 0.4) is 0 Å². The molecule has 2 nitrogen and oxygen atoms in total. The highest BCUT2D eigenvalue weighted by atomic mass is 15.3. The first-order chi connectivity index (χ1) is 8.74. The molecule has 0 saturated carbocycles. The summed E-state index contributed by atoms with van der Waals surface area (Å²) >= 11 is 0. The topological polar surface area (TPSA) is 6.48 Å². The highest BCUT2D eigenvalue weighted by Gasteiger charge is 2.24. The number of piperazine rings is 1. The molecule has 3 rings (SSSR count). The summed E-state index contributed by atoms with van der Waals surface area (Å²) in [6.07, 6.45) is 5.32. The second-order valence-corrected chi connectivity index (χ2v) is 5.99. The summed E-state index contributed by atoms with van der Waals surface area (Å²) in [7, 11) is 4.50. The van der Waals surface area contributed by atoms with Crippen LogP contribution in [0.4, 0.5) is 0 Å². The van der Waals surface area contributed by atoms with Crippen LogP contribution in [0.1, 0.15) is 35.6 Å². The maximum Gasteiger partial charge on any atom is 0.0472 e. The summed E-state index contributed by atoms with van der Waals surface area (Å²) in [5.41, 5.74) is 4.72. The van der Waals surface area contributed by atoms with Gasteiger partial charge in [0.1, 0.15) is 0 Å². The van der Waals surface area contributed by atoms with E-state index in [2.05, 4.69) is 42.1 Å². The highest BCUT2D eigenvalue weighted by Crippen LogP contribution is 2.28. The predicted molar refractivity (Wildman–Crippen MR) is 76.0 cm³/mol. The maximum absolute atomic E-state index is 2.50. The first-order valence-electron chi connectivity index (χ1n) is 7.24. The Balaban J connectivity index is 1.86. The van der Waals surface area contributed by atoms with Crippen LogP contribution in [0.2, 0.25) is 0 Å². The van der Waals surface area contributed by atoms with Gasteiger partial charge in [-0.25, -0.2) is 0 Å². The molecule has 1 aromatic rings. The van der Waals surface area contributed by atoms with Gasteiger partial charge in [-0.3, -0.25) is 4.90 Å². The summed E-state index contributed by atoms with van der Waals surface area (Å²) in [5, 5.41) is 0. The average Bonchev–Trinajstić information content (AvgIpc) is 2.41. The third kappa shape index (κ3) is 2.32. The minimum absolute atomic E-state index is 0.580. The minimum atomic E-state index is 0.580. The molecule has 0 amide bonds. The molecule has 18 heavy (non-hydrogen) atoms. The van der Waals surface area contributed by atoms with Crippen LogP contribution in [0.25, 0.3) is 0 Å². The van der Waals surface area contributed by atoms with Crippen molar-refractivity contribution in [1.29, 1.82) is 0 Å². The lowest BCUT2D eigenvalue weighted by Crippen LogP contribution is -2.44. The molecule has 98 valence electrons. The number of benzene rings is 1. The Morgan fingerprint density at radius 3 is 2.61 bits per heavy atom. The molecule has 1 atom stereocenters. The van der Waals surface area contributed by atoms with Crippen LogP contribution in [-0.4, -0.2) is 43.5 Å². The van der Waals surface area contributed by atoms with Gasteiger partial charge in [0.2, 0.25) is 0 Å². The zero-order valence-corrected chi connectivity index (χ0v) is 11.7. The number of fused-ring (bicyclic) bond motifs is 1. The third-order valence-electron chi connectivity index (χ3n) is 4.61. The summed E-state index contributed by atoms with van der Waals surface area (Å²) in [4.78, 5) is 4.95. The van der Waals surface area contributed by atoms with Gasteiger partial charge >= 0.3 is 0 Å². The molecule has 1 aliphatic carbocycles. The molecular weight excluding hydrogens is 220 g/mol. The Bertz CT molecular complexity index is 427. The quantitative estimate of drug-likeness (QED) is 0.749. The van der Waals surface area contributed by atoms with Crippen molar-refractivity contribution in [1.82, 2.24) is 9.80 Å². The molecule has 0 bridgehead atoms. The molecule has 1 aromatic carbocycles. The van der Waals surface area contributed by atoms with E-state index in [1.54, 1.807) is 11.1 Å². The smallest absolute Gasteiger partial charge is 0.0472 e. The zero-order chi connectivity index (χ0) is 12.5. The molecule has 1 heterocycles. The largest absolute Gasteiger partial charge is 0.303 e. The van der Waals surface area contributed by atoms with Crippen LogP contribution >= 0.6 is 0 Å². The molecule has 1 aliphatic heterocycles. The normalized spacial score (nSPS) is 26.0. The van der Waals surface area contributed by atoms with Gasteiger partial charge in [0.05, 0.1) is 0 Å². The summed E-state index contributed by atoms with van der Waals surface area (Å²) in [6, 6.07) is 7.81. The van der Waals surface area contributed by atoms with Gasteiger partial charge in [-0.15, -0.1) is 0 Å². The number of hydrogen-bond donors (Lipinski definition) is 0. The van der Waals surface area contributed by atoms with Crippen LogP contribution in [-0.2, 0) is 12.8 Å². The lowest BCUT2D eigenvalue weighted by Gasteiger charge is -2.38. The lowest BCUT2D eigenvalue weighted by atomic mass is 9.88. The fourth-order valence-electron chi connectivity index (χ4n) is 3.33.